The highest BCUT2D eigenvalue weighted by Crippen LogP contribution is 2.22. The Labute approximate surface area is 142 Å². The normalized spacial score (nSPS) is 15.9. The van der Waals surface area contributed by atoms with Gasteiger partial charge >= 0.3 is 0 Å². The summed E-state index contributed by atoms with van der Waals surface area (Å²) in [5.41, 5.74) is 3.13. The predicted octanol–water partition coefficient (Wildman–Crippen LogP) is 1.66. The molecule has 1 aliphatic heterocycles. The molecule has 0 spiro atoms. The van der Waals surface area contributed by atoms with Crippen molar-refractivity contribution in [1.82, 2.24) is 20.4 Å². The van der Waals surface area contributed by atoms with Crippen molar-refractivity contribution in [2.24, 2.45) is 0 Å². The summed E-state index contributed by atoms with van der Waals surface area (Å²) >= 11 is 0. The summed E-state index contributed by atoms with van der Waals surface area (Å²) in [6.07, 6.45) is 0.724. The third kappa shape index (κ3) is 4.35. The van der Waals surface area contributed by atoms with Gasteiger partial charge in [0.05, 0.1) is 12.2 Å². The van der Waals surface area contributed by atoms with E-state index in [-0.39, 0.29) is 11.9 Å². The standard InChI is InChI=1S/C18H24N4O2/c1-13(9-16-10-14(2)20-21-16)19-18(23)12-22-7-8-24-17-6-4-3-5-15(17)11-22/h3-6,10,13H,7-9,11-12H2,1-2H3,(H,19,23)(H,20,21)/t13-/m1/s1. The zero-order valence-corrected chi connectivity index (χ0v) is 14.2. The largest absolute Gasteiger partial charge is 0.492 e. The van der Waals surface area contributed by atoms with Crippen LogP contribution in [0.2, 0.25) is 0 Å². The Morgan fingerprint density at radius 1 is 1.46 bits per heavy atom. The zero-order chi connectivity index (χ0) is 16.9. The highest BCUT2D eigenvalue weighted by atomic mass is 16.5. The smallest absolute Gasteiger partial charge is 0.234 e. The van der Waals surface area contributed by atoms with Crippen molar-refractivity contribution in [3.63, 3.8) is 0 Å². The fourth-order valence-corrected chi connectivity index (χ4v) is 2.98. The number of carbonyl (C=O) groups is 1. The summed E-state index contributed by atoms with van der Waals surface area (Å²) in [5.74, 6) is 0.955. The molecule has 1 aliphatic rings. The minimum absolute atomic E-state index is 0.0362. The van der Waals surface area contributed by atoms with Crippen LogP contribution in [0, 0.1) is 6.92 Å². The molecule has 0 bridgehead atoms. The van der Waals surface area contributed by atoms with Crippen LogP contribution in [0.25, 0.3) is 0 Å². The van der Waals surface area contributed by atoms with Gasteiger partial charge in [-0.15, -0.1) is 0 Å². The number of amides is 1. The Morgan fingerprint density at radius 3 is 3.08 bits per heavy atom. The van der Waals surface area contributed by atoms with Crippen LogP contribution in [0.3, 0.4) is 0 Å². The predicted molar refractivity (Wildman–Crippen MR) is 91.8 cm³/mol. The molecule has 0 saturated heterocycles. The number of aromatic nitrogens is 2. The van der Waals surface area contributed by atoms with E-state index in [4.69, 9.17) is 4.74 Å². The molecule has 0 fully saturated rings. The summed E-state index contributed by atoms with van der Waals surface area (Å²) in [6, 6.07) is 10.1. The molecule has 0 unspecified atom stereocenters. The number of para-hydroxylation sites is 1. The van der Waals surface area contributed by atoms with Gasteiger partial charge in [-0.1, -0.05) is 18.2 Å². The quantitative estimate of drug-likeness (QED) is 0.876. The zero-order valence-electron chi connectivity index (χ0n) is 14.2. The molecule has 0 radical (unpaired) electrons. The molecule has 3 rings (SSSR count). The highest BCUT2D eigenvalue weighted by Gasteiger charge is 2.18. The van der Waals surface area contributed by atoms with Crippen molar-refractivity contribution in [2.75, 3.05) is 19.7 Å². The first-order chi connectivity index (χ1) is 11.6. The van der Waals surface area contributed by atoms with E-state index in [0.29, 0.717) is 13.2 Å². The number of rotatable bonds is 5. The molecule has 2 heterocycles. The van der Waals surface area contributed by atoms with E-state index >= 15 is 0 Å². The fraction of sp³-hybridized carbons (Fsp3) is 0.444. The average Bonchev–Trinajstić information content (AvgIpc) is 2.82. The molecule has 0 aliphatic carbocycles. The van der Waals surface area contributed by atoms with Crippen LogP contribution in [0.4, 0.5) is 0 Å². The Morgan fingerprint density at radius 2 is 2.29 bits per heavy atom. The number of fused-ring (bicyclic) bond motifs is 1. The number of nitrogens with one attached hydrogen (secondary N) is 2. The van der Waals surface area contributed by atoms with Crippen LogP contribution >= 0.6 is 0 Å². The SMILES string of the molecule is Cc1cc(C[C@@H](C)NC(=O)CN2CCOc3ccccc3C2)n[nH]1. The van der Waals surface area contributed by atoms with Gasteiger partial charge in [-0.3, -0.25) is 14.8 Å². The number of aryl methyl sites for hydroxylation is 1. The van der Waals surface area contributed by atoms with E-state index in [1.165, 1.54) is 0 Å². The number of ether oxygens (including phenoxy) is 1. The van der Waals surface area contributed by atoms with Crippen LogP contribution in [-0.2, 0) is 17.8 Å². The number of nitrogens with zero attached hydrogens (tertiary/aromatic N) is 2. The van der Waals surface area contributed by atoms with Gasteiger partial charge in [0.1, 0.15) is 12.4 Å². The Kier molecular flexibility index (Phi) is 5.15. The lowest BCUT2D eigenvalue weighted by atomic mass is 10.1. The van der Waals surface area contributed by atoms with Crippen LogP contribution in [0.1, 0.15) is 23.9 Å². The van der Waals surface area contributed by atoms with Crippen molar-refractivity contribution in [3.05, 3.63) is 47.3 Å². The van der Waals surface area contributed by atoms with Gasteiger partial charge in [-0.05, 0) is 26.0 Å². The second-order valence-corrected chi connectivity index (χ2v) is 6.38. The third-order valence-corrected chi connectivity index (χ3v) is 4.08. The summed E-state index contributed by atoms with van der Waals surface area (Å²) in [4.78, 5) is 14.4. The number of carbonyl (C=O) groups excluding carboxylic acids is 1. The fourth-order valence-electron chi connectivity index (χ4n) is 2.98. The number of hydrogen-bond acceptors (Lipinski definition) is 4. The lowest BCUT2D eigenvalue weighted by Crippen LogP contribution is -2.42. The van der Waals surface area contributed by atoms with Gasteiger partial charge in [0, 0.05) is 36.8 Å². The van der Waals surface area contributed by atoms with Gasteiger partial charge in [0.2, 0.25) is 5.91 Å². The molecule has 2 N–H and O–H groups in total. The molecule has 24 heavy (non-hydrogen) atoms. The first kappa shape index (κ1) is 16.5. The lowest BCUT2D eigenvalue weighted by Gasteiger charge is -2.20. The van der Waals surface area contributed by atoms with Gasteiger partial charge in [-0.2, -0.15) is 5.10 Å². The lowest BCUT2D eigenvalue weighted by molar-refractivity contribution is -0.123. The molecule has 2 aromatic rings. The van der Waals surface area contributed by atoms with Crippen LogP contribution in [0.15, 0.2) is 30.3 Å². The Balaban J connectivity index is 1.51. The first-order valence-electron chi connectivity index (χ1n) is 8.33. The van der Waals surface area contributed by atoms with Crippen molar-refractivity contribution >= 4 is 5.91 Å². The van der Waals surface area contributed by atoms with Crippen molar-refractivity contribution in [1.29, 1.82) is 0 Å². The van der Waals surface area contributed by atoms with E-state index in [1.54, 1.807) is 0 Å². The van der Waals surface area contributed by atoms with Crippen LogP contribution in [0.5, 0.6) is 5.75 Å². The first-order valence-corrected chi connectivity index (χ1v) is 8.33. The van der Waals surface area contributed by atoms with Gasteiger partial charge < -0.3 is 10.1 Å². The number of benzene rings is 1. The number of aromatic amines is 1. The van der Waals surface area contributed by atoms with Crippen LogP contribution in [-0.4, -0.2) is 46.7 Å². The van der Waals surface area contributed by atoms with Crippen molar-refractivity contribution in [3.8, 4) is 5.75 Å². The van der Waals surface area contributed by atoms with E-state index < -0.39 is 0 Å². The van der Waals surface area contributed by atoms with E-state index in [9.17, 15) is 4.79 Å². The summed E-state index contributed by atoms with van der Waals surface area (Å²) in [5, 5.41) is 10.2. The molecule has 1 aromatic carbocycles. The molecular formula is C18H24N4O2. The second kappa shape index (κ2) is 7.49. The molecule has 0 saturated carbocycles. The van der Waals surface area contributed by atoms with E-state index in [1.807, 2.05) is 44.2 Å². The minimum atomic E-state index is 0.0362. The summed E-state index contributed by atoms with van der Waals surface area (Å²) in [7, 11) is 0. The Hall–Kier alpha value is -2.34. The monoisotopic (exact) mass is 328 g/mol. The number of H-pyrrole nitrogens is 1. The minimum Gasteiger partial charge on any atom is -0.492 e. The van der Waals surface area contributed by atoms with Gasteiger partial charge in [-0.25, -0.2) is 0 Å². The number of hydrogen-bond donors (Lipinski definition) is 2. The molecule has 1 atom stereocenters. The maximum atomic E-state index is 12.3. The maximum absolute atomic E-state index is 12.3. The second-order valence-electron chi connectivity index (χ2n) is 6.38. The van der Waals surface area contributed by atoms with E-state index in [0.717, 1.165) is 42.2 Å². The van der Waals surface area contributed by atoms with Crippen molar-refractivity contribution < 1.29 is 9.53 Å². The van der Waals surface area contributed by atoms with Gasteiger partial charge in [0.15, 0.2) is 0 Å². The Bertz CT molecular complexity index is 698. The molecular weight excluding hydrogens is 304 g/mol. The summed E-state index contributed by atoms with van der Waals surface area (Å²) in [6.45, 7) is 6.43. The molecule has 1 aromatic heterocycles. The average molecular weight is 328 g/mol. The summed E-state index contributed by atoms with van der Waals surface area (Å²) < 4.78 is 5.74. The highest BCUT2D eigenvalue weighted by molar-refractivity contribution is 5.78. The van der Waals surface area contributed by atoms with E-state index in [2.05, 4.69) is 20.4 Å². The molecule has 6 nitrogen and oxygen atoms in total. The maximum Gasteiger partial charge on any atom is 0.234 e. The molecule has 1 amide bonds. The van der Waals surface area contributed by atoms with Crippen LogP contribution < -0.4 is 10.1 Å². The molecule has 128 valence electrons. The topological polar surface area (TPSA) is 70.2 Å². The molecule has 6 heteroatoms. The third-order valence-electron chi connectivity index (χ3n) is 4.08. The van der Waals surface area contributed by atoms with Gasteiger partial charge in [0.25, 0.3) is 0 Å². The van der Waals surface area contributed by atoms with Crippen molar-refractivity contribution in [2.45, 2.75) is 32.9 Å².